The second-order valence-electron chi connectivity index (χ2n) is 4.88. The maximum atomic E-state index is 6.54. The van der Waals surface area contributed by atoms with E-state index in [0.717, 1.165) is 31.2 Å². The number of nitrogens with two attached hydrogens (primary N) is 1. The first-order valence-corrected chi connectivity index (χ1v) is 6.70. The van der Waals surface area contributed by atoms with Crippen molar-refractivity contribution < 1.29 is 9.47 Å². The zero-order valence-corrected chi connectivity index (χ0v) is 11.7. The summed E-state index contributed by atoms with van der Waals surface area (Å²) in [5.41, 5.74) is 7.21. The quantitative estimate of drug-likeness (QED) is 0.914. The van der Waals surface area contributed by atoms with Crippen molar-refractivity contribution in [3.05, 3.63) is 22.7 Å². The van der Waals surface area contributed by atoms with Crippen molar-refractivity contribution in [3.63, 3.8) is 0 Å². The lowest BCUT2D eigenvalue weighted by Crippen LogP contribution is -2.39. The number of hydrogen-bond acceptors (Lipinski definition) is 3. The van der Waals surface area contributed by atoms with Gasteiger partial charge in [-0.1, -0.05) is 30.9 Å². The smallest absolute Gasteiger partial charge is 0.146 e. The van der Waals surface area contributed by atoms with E-state index in [1.807, 2.05) is 12.1 Å². The lowest BCUT2D eigenvalue weighted by molar-refractivity contribution is 0.288. The maximum absolute atomic E-state index is 6.54. The van der Waals surface area contributed by atoms with E-state index in [9.17, 15) is 0 Å². The largest absolute Gasteiger partial charge is 0.495 e. The van der Waals surface area contributed by atoms with Crippen LogP contribution >= 0.6 is 11.6 Å². The van der Waals surface area contributed by atoms with Crippen LogP contribution in [-0.4, -0.2) is 14.2 Å². The second-order valence-corrected chi connectivity index (χ2v) is 5.26. The Morgan fingerprint density at radius 3 is 2.33 bits per heavy atom. The molecular weight excluding hydrogens is 250 g/mol. The zero-order valence-electron chi connectivity index (χ0n) is 11.0. The van der Waals surface area contributed by atoms with Gasteiger partial charge >= 0.3 is 0 Å². The van der Waals surface area contributed by atoms with Gasteiger partial charge in [0.15, 0.2) is 0 Å². The maximum Gasteiger partial charge on any atom is 0.146 e. The molecule has 2 N–H and O–H groups in total. The molecule has 1 aromatic carbocycles. The number of rotatable bonds is 3. The van der Waals surface area contributed by atoms with E-state index < -0.39 is 0 Å². The number of hydrogen-bond donors (Lipinski definition) is 1. The molecule has 0 spiro atoms. The van der Waals surface area contributed by atoms with Crippen LogP contribution in [-0.2, 0) is 5.54 Å². The van der Waals surface area contributed by atoms with Crippen LogP contribution in [0.25, 0.3) is 0 Å². The molecule has 1 fully saturated rings. The Labute approximate surface area is 113 Å². The standard InChI is InChI=1S/C14H20ClNO2/c1-17-11-7-6-10(13(18-2)12(11)15)14(16)8-4-3-5-9-14/h6-7H,3-5,8-9,16H2,1-2H3. The second kappa shape index (κ2) is 5.37. The van der Waals surface area contributed by atoms with Crippen LogP contribution in [0.5, 0.6) is 11.5 Å². The van der Waals surface area contributed by atoms with Crippen LogP contribution in [0.1, 0.15) is 37.7 Å². The molecule has 1 saturated carbocycles. The molecule has 4 heteroatoms. The van der Waals surface area contributed by atoms with Gasteiger partial charge in [0.05, 0.1) is 14.2 Å². The summed E-state index contributed by atoms with van der Waals surface area (Å²) in [7, 11) is 3.22. The monoisotopic (exact) mass is 269 g/mol. The first kappa shape index (κ1) is 13.5. The Balaban J connectivity index is 2.46. The summed E-state index contributed by atoms with van der Waals surface area (Å²) < 4.78 is 10.7. The van der Waals surface area contributed by atoms with Crippen LogP contribution in [0.3, 0.4) is 0 Å². The van der Waals surface area contributed by atoms with E-state index in [4.69, 9.17) is 26.8 Å². The third-order valence-electron chi connectivity index (χ3n) is 3.77. The minimum Gasteiger partial charge on any atom is -0.495 e. The highest BCUT2D eigenvalue weighted by Crippen LogP contribution is 2.45. The molecular formula is C14H20ClNO2. The third kappa shape index (κ3) is 2.29. The Morgan fingerprint density at radius 2 is 1.78 bits per heavy atom. The Bertz CT molecular complexity index is 428. The van der Waals surface area contributed by atoms with Crippen molar-refractivity contribution in [3.8, 4) is 11.5 Å². The van der Waals surface area contributed by atoms with E-state index in [-0.39, 0.29) is 5.54 Å². The molecule has 100 valence electrons. The third-order valence-corrected chi connectivity index (χ3v) is 4.13. The number of methoxy groups -OCH3 is 2. The summed E-state index contributed by atoms with van der Waals surface area (Å²) in [6, 6.07) is 3.85. The molecule has 1 aliphatic carbocycles. The molecule has 0 radical (unpaired) electrons. The molecule has 2 rings (SSSR count). The molecule has 0 amide bonds. The van der Waals surface area contributed by atoms with Crippen molar-refractivity contribution in [1.82, 2.24) is 0 Å². The summed E-state index contributed by atoms with van der Waals surface area (Å²) in [6.07, 6.45) is 5.52. The van der Waals surface area contributed by atoms with E-state index >= 15 is 0 Å². The fourth-order valence-corrected chi connectivity index (χ4v) is 3.06. The molecule has 0 aromatic heterocycles. The highest BCUT2D eigenvalue weighted by Gasteiger charge is 2.33. The zero-order chi connectivity index (χ0) is 13.2. The molecule has 0 bridgehead atoms. The van der Waals surface area contributed by atoms with E-state index in [1.165, 1.54) is 6.42 Å². The van der Waals surface area contributed by atoms with Gasteiger partial charge in [-0.25, -0.2) is 0 Å². The minimum atomic E-state index is -0.320. The summed E-state index contributed by atoms with van der Waals surface area (Å²) in [5.74, 6) is 1.28. The molecule has 0 atom stereocenters. The van der Waals surface area contributed by atoms with Crippen LogP contribution in [0.15, 0.2) is 12.1 Å². The van der Waals surface area contributed by atoms with Gasteiger partial charge in [-0.3, -0.25) is 0 Å². The summed E-state index contributed by atoms with van der Waals surface area (Å²) in [4.78, 5) is 0. The van der Waals surface area contributed by atoms with Gasteiger partial charge in [-0.2, -0.15) is 0 Å². The predicted molar refractivity (Wildman–Crippen MR) is 73.5 cm³/mol. The van der Waals surface area contributed by atoms with E-state index in [2.05, 4.69) is 0 Å². The van der Waals surface area contributed by atoms with Crippen LogP contribution in [0, 0.1) is 0 Å². The number of halogens is 1. The number of ether oxygens (including phenoxy) is 2. The van der Waals surface area contributed by atoms with Gasteiger partial charge in [0.1, 0.15) is 16.5 Å². The van der Waals surface area contributed by atoms with E-state index in [1.54, 1.807) is 14.2 Å². The fourth-order valence-electron chi connectivity index (χ4n) is 2.74. The highest BCUT2D eigenvalue weighted by atomic mass is 35.5. The van der Waals surface area contributed by atoms with E-state index in [0.29, 0.717) is 16.5 Å². The highest BCUT2D eigenvalue weighted by molar-refractivity contribution is 6.33. The summed E-state index contributed by atoms with van der Waals surface area (Å²) in [5, 5.41) is 0.507. The van der Waals surface area contributed by atoms with Crippen LogP contribution in [0.2, 0.25) is 5.02 Å². The first-order valence-electron chi connectivity index (χ1n) is 6.32. The topological polar surface area (TPSA) is 44.5 Å². The van der Waals surface area contributed by atoms with Crippen molar-refractivity contribution in [2.75, 3.05) is 14.2 Å². The molecule has 1 aromatic rings. The van der Waals surface area contributed by atoms with Gasteiger partial charge in [0, 0.05) is 11.1 Å². The van der Waals surface area contributed by atoms with Crippen molar-refractivity contribution in [2.24, 2.45) is 5.73 Å². The molecule has 0 aliphatic heterocycles. The lowest BCUT2D eigenvalue weighted by atomic mass is 9.77. The Morgan fingerprint density at radius 1 is 1.11 bits per heavy atom. The predicted octanol–water partition coefficient (Wildman–Crippen LogP) is 3.48. The van der Waals surface area contributed by atoms with Crippen molar-refractivity contribution >= 4 is 11.6 Å². The Kier molecular flexibility index (Phi) is 4.03. The first-order chi connectivity index (χ1) is 8.62. The van der Waals surface area contributed by atoms with Gasteiger partial charge in [0.2, 0.25) is 0 Å². The molecule has 18 heavy (non-hydrogen) atoms. The normalized spacial score (nSPS) is 18.4. The fraction of sp³-hybridized carbons (Fsp3) is 0.571. The molecule has 0 heterocycles. The van der Waals surface area contributed by atoms with Crippen molar-refractivity contribution in [2.45, 2.75) is 37.6 Å². The van der Waals surface area contributed by atoms with Gasteiger partial charge in [-0.05, 0) is 25.0 Å². The number of benzene rings is 1. The summed E-state index contributed by atoms with van der Waals surface area (Å²) in [6.45, 7) is 0. The molecule has 0 saturated heterocycles. The lowest BCUT2D eigenvalue weighted by Gasteiger charge is -2.35. The molecule has 0 unspecified atom stereocenters. The summed E-state index contributed by atoms with van der Waals surface area (Å²) >= 11 is 6.29. The van der Waals surface area contributed by atoms with Crippen LogP contribution in [0.4, 0.5) is 0 Å². The average Bonchev–Trinajstić information content (AvgIpc) is 2.39. The average molecular weight is 270 g/mol. The van der Waals surface area contributed by atoms with Gasteiger partial charge in [0.25, 0.3) is 0 Å². The van der Waals surface area contributed by atoms with Crippen molar-refractivity contribution in [1.29, 1.82) is 0 Å². The SMILES string of the molecule is COc1ccc(C2(N)CCCCC2)c(OC)c1Cl. The minimum absolute atomic E-state index is 0.320. The Hall–Kier alpha value is -0.930. The van der Waals surface area contributed by atoms with Gasteiger partial charge in [-0.15, -0.1) is 0 Å². The molecule has 1 aliphatic rings. The van der Waals surface area contributed by atoms with Crippen LogP contribution < -0.4 is 15.2 Å². The van der Waals surface area contributed by atoms with Gasteiger partial charge < -0.3 is 15.2 Å². The molecule has 3 nitrogen and oxygen atoms in total.